The number of hydrogen-bond acceptors (Lipinski definition) is 3. The van der Waals surface area contributed by atoms with E-state index in [1.807, 2.05) is 0 Å². The first-order valence-corrected chi connectivity index (χ1v) is 8.78. The van der Waals surface area contributed by atoms with Crippen molar-refractivity contribution in [1.82, 2.24) is 0 Å². The van der Waals surface area contributed by atoms with E-state index in [0.29, 0.717) is 18.2 Å². The summed E-state index contributed by atoms with van der Waals surface area (Å²) in [6.07, 6.45) is 5.81. The fourth-order valence-electron chi connectivity index (χ4n) is 3.86. The third-order valence-corrected chi connectivity index (χ3v) is 7.92. The predicted molar refractivity (Wildman–Crippen MR) is 75.1 cm³/mol. The molecule has 2 bridgehead atoms. The maximum absolute atomic E-state index is 12.2. The molecule has 0 heterocycles. The van der Waals surface area contributed by atoms with E-state index in [-0.39, 0.29) is 5.41 Å². The molecule has 0 aromatic heterocycles. The molecule has 3 atom stereocenters. The van der Waals surface area contributed by atoms with E-state index in [2.05, 4.69) is 0 Å². The fourth-order valence-corrected chi connectivity index (χ4v) is 5.15. The zero-order chi connectivity index (χ0) is 13.6. The zero-order valence-corrected chi connectivity index (χ0v) is 12.7. The smallest absolute Gasteiger partial charge is 0.155 e. The molecule has 0 spiro atoms. The van der Waals surface area contributed by atoms with Crippen LogP contribution in [0.1, 0.15) is 52.9 Å². The molecule has 0 aromatic carbocycles. The van der Waals surface area contributed by atoms with E-state index in [0.717, 1.165) is 18.8 Å². The Kier molecular flexibility index (Phi) is 3.56. The Morgan fingerprint density at radius 3 is 2.33 bits per heavy atom. The summed E-state index contributed by atoms with van der Waals surface area (Å²) in [4.78, 5) is 0. The molecule has 18 heavy (non-hydrogen) atoms. The molecule has 3 nitrogen and oxygen atoms in total. The molecule has 2 N–H and O–H groups in total. The molecule has 0 aliphatic heterocycles. The lowest BCUT2D eigenvalue weighted by molar-refractivity contribution is 0.166. The Balaban J connectivity index is 2.06. The molecule has 0 radical (unpaired) electrons. The summed E-state index contributed by atoms with van der Waals surface area (Å²) in [5.41, 5.74) is 6.13. The van der Waals surface area contributed by atoms with E-state index in [9.17, 15) is 8.42 Å². The van der Waals surface area contributed by atoms with Crippen molar-refractivity contribution >= 4 is 9.84 Å². The van der Waals surface area contributed by atoms with E-state index in [1.54, 1.807) is 20.8 Å². The molecule has 2 saturated carbocycles. The molecule has 106 valence electrons. The van der Waals surface area contributed by atoms with Gasteiger partial charge in [-0.05, 0) is 70.3 Å². The van der Waals surface area contributed by atoms with Crippen molar-refractivity contribution in [2.75, 3.05) is 12.3 Å². The van der Waals surface area contributed by atoms with E-state index in [1.165, 1.54) is 19.3 Å². The van der Waals surface area contributed by atoms with Crippen LogP contribution in [0.3, 0.4) is 0 Å². The number of hydrogen-bond donors (Lipinski definition) is 1. The molecule has 2 fully saturated rings. The van der Waals surface area contributed by atoms with Crippen LogP contribution in [0.25, 0.3) is 0 Å². The van der Waals surface area contributed by atoms with Gasteiger partial charge in [-0.15, -0.1) is 0 Å². The van der Waals surface area contributed by atoms with Gasteiger partial charge in [-0.2, -0.15) is 0 Å². The second-order valence-electron chi connectivity index (χ2n) is 7.33. The van der Waals surface area contributed by atoms with Crippen molar-refractivity contribution in [2.24, 2.45) is 23.0 Å². The molecule has 0 saturated heterocycles. The molecule has 3 unspecified atom stereocenters. The Bertz CT molecular complexity index is 410. The Morgan fingerprint density at radius 2 is 1.94 bits per heavy atom. The third kappa shape index (κ3) is 2.34. The van der Waals surface area contributed by atoms with Crippen molar-refractivity contribution in [2.45, 2.75) is 57.6 Å². The number of rotatable bonds is 4. The Hall–Kier alpha value is -0.0900. The molecule has 2 aliphatic rings. The molecule has 4 heteroatoms. The lowest BCUT2D eigenvalue weighted by Gasteiger charge is -2.37. The molecule has 0 aromatic rings. The number of nitrogens with two attached hydrogens (primary N) is 1. The molecule has 2 aliphatic carbocycles. The van der Waals surface area contributed by atoms with Gasteiger partial charge in [0.1, 0.15) is 0 Å². The van der Waals surface area contributed by atoms with Crippen molar-refractivity contribution in [1.29, 1.82) is 0 Å². The topological polar surface area (TPSA) is 60.2 Å². The van der Waals surface area contributed by atoms with Gasteiger partial charge in [-0.3, -0.25) is 0 Å². The highest BCUT2D eigenvalue weighted by Gasteiger charge is 2.50. The van der Waals surface area contributed by atoms with Crippen LogP contribution in [0.15, 0.2) is 0 Å². The summed E-state index contributed by atoms with van der Waals surface area (Å²) in [5, 5.41) is 0. The van der Waals surface area contributed by atoms with Gasteiger partial charge in [0.25, 0.3) is 0 Å². The minimum atomic E-state index is -3.01. The average Bonchev–Trinajstić information content (AvgIpc) is 2.85. The minimum absolute atomic E-state index is 0.126. The molecular formula is C14H27NO2S. The highest BCUT2D eigenvalue weighted by molar-refractivity contribution is 7.92. The van der Waals surface area contributed by atoms with Crippen LogP contribution in [-0.2, 0) is 9.84 Å². The summed E-state index contributed by atoms with van der Waals surface area (Å²) in [6, 6.07) is 0. The first-order chi connectivity index (χ1) is 8.20. The maximum Gasteiger partial charge on any atom is 0.155 e. The minimum Gasteiger partial charge on any atom is -0.330 e. The number of fused-ring (bicyclic) bond motifs is 2. The summed E-state index contributed by atoms with van der Waals surface area (Å²) in [7, 11) is -3.01. The van der Waals surface area contributed by atoms with Crippen LogP contribution in [0.4, 0.5) is 0 Å². The SMILES string of the molecule is CC(C)(C)S(=O)(=O)CCC1(CN)CC2CCC1C2. The van der Waals surface area contributed by atoms with Gasteiger partial charge in [-0.1, -0.05) is 6.42 Å². The largest absolute Gasteiger partial charge is 0.330 e. The Labute approximate surface area is 111 Å². The summed E-state index contributed by atoms with van der Waals surface area (Å²) in [5.74, 6) is 1.80. The van der Waals surface area contributed by atoms with Gasteiger partial charge >= 0.3 is 0 Å². The lowest BCUT2D eigenvalue weighted by Crippen LogP contribution is -2.40. The van der Waals surface area contributed by atoms with Crippen molar-refractivity contribution in [3.63, 3.8) is 0 Å². The van der Waals surface area contributed by atoms with Crippen LogP contribution in [-0.4, -0.2) is 25.5 Å². The normalized spacial score (nSPS) is 36.2. The highest BCUT2D eigenvalue weighted by atomic mass is 32.2. The fraction of sp³-hybridized carbons (Fsp3) is 1.00. The maximum atomic E-state index is 12.2. The van der Waals surface area contributed by atoms with E-state index in [4.69, 9.17) is 5.73 Å². The van der Waals surface area contributed by atoms with Crippen molar-refractivity contribution < 1.29 is 8.42 Å². The first-order valence-electron chi connectivity index (χ1n) is 7.12. The van der Waals surface area contributed by atoms with Gasteiger partial charge < -0.3 is 5.73 Å². The number of sulfone groups is 1. The molecule has 0 amide bonds. The monoisotopic (exact) mass is 273 g/mol. The van der Waals surface area contributed by atoms with Gasteiger partial charge in [-0.25, -0.2) is 8.42 Å². The first kappa shape index (κ1) is 14.3. The summed E-state index contributed by atoms with van der Waals surface area (Å²) >= 11 is 0. The second-order valence-corrected chi connectivity index (χ2v) is 10.2. The van der Waals surface area contributed by atoms with Crippen molar-refractivity contribution in [3.8, 4) is 0 Å². The molecular weight excluding hydrogens is 246 g/mol. The van der Waals surface area contributed by atoms with Gasteiger partial charge in [0, 0.05) is 0 Å². The Morgan fingerprint density at radius 1 is 1.28 bits per heavy atom. The van der Waals surface area contributed by atoms with Crippen LogP contribution in [0.5, 0.6) is 0 Å². The van der Waals surface area contributed by atoms with Crippen LogP contribution >= 0.6 is 0 Å². The summed E-state index contributed by atoms with van der Waals surface area (Å²) in [6.45, 7) is 6.03. The third-order valence-electron chi connectivity index (χ3n) is 5.31. The van der Waals surface area contributed by atoms with Crippen LogP contribution in [0, 0.1) is 17.3 Å². The van der Waals surface area contributed by atoms with Crippen LogP contribution in [0.2, 0.25) is 0 Å². The van der Waals surface area contributed by atoms with E-state index >= 15 is 0 Å². The molecule has 2 rings (SSSR count). The zero-order valence-electron chi connectivity index (χ0n) is 11.9. The quantitative estimate of drug-likeness (QED) is 0.855. The van der Waals surface area contributed by atoms with E-state index < -0.39 is 14.6 Å². The average molecular weight is 273 g/mol. The summed E-state index contributed by atoms with van der Waals surface area (Å²) < 4.78 is 23.8. The van der Waals surface area contributed by atoms with Gasteiger partial charge in [0.05, 0.1) is 10.5 Å². The van der Waals surface area contributed by atoms with Gasteiger partial charge in [0.2, 0.25) is 0 Å². The van der Waals surface area contributed by atoms with Crippen molar-refractivity contribution in [3.05, 3.63) is 0 Å². The highest BCUT2D eigenvalue weighted by Crippen LogP contribution is 2.57. The predicted octanol–water partition coefficient (Wildman–Crippen LogP) is 2.35. The second kappa shape index (κ2) is 4.48. The van der Waals surface area contributed by atoms with Crippen LogP contribution < -0.4 is 5.73 Å². The lowest BCUT2D eigenvalue weighted by atomic mass is 9.71. The standard InChI is InChI=1S/C14H27NO2S/c1-13(2,3)18(16,17)7-6-14(10-15)9-11-4-5-12(14)8-11/h11-12H,4-10,15H2,1-3H3. The van der Waals surface area contributed by atoms with Gasteiger partial charge in [0.15, 0.2) is 9.84 Å².